The van der Waals surface area contributed by atoms with E-state index < -0.39 is 17.3 Å². The van der Waals surface area contributed by atoms with Crippen molar-refractivity contribution in [2.75, 3.05) is 33.4 Å². The molecule has 0 N–H and O–H groups in total. The van der Waals surface area contributed by atoms with E-state index in [0.717, 1.165) is 17.7 Å². The number of hydrogen-bond donors (Lipinski definition) is 0. The maximum Gasteiger partial charge on any atom is 0.416 e. The molecule has 0 radical (unpaired) electrons. The Morgan fingerprint density at radius 1 is 1.18 bits per heavy atom. The maximum atomic E-state index is 12.8. The Hall–Kier alpha value is -1.80. The minimum atomic E-state index is -4.36. The summed E-state index contributed by atoms with van der Waals surface area (Å²) in [5.74, 6) is 0. The molecule has 1 heterocycles. The predicted octanol–water partition coefficient (Wildman–Crippen LogP) is 4.33. The van der Waals surface area contributed by atoms with Gasteiger partial charge in [0.15, 0.2) is 0 Å². The summed E-state index contributed by atoms with van der Waals surface area (Å²) in [4.78, 5) is 16.1. The number of alkyl halides is 3. The van der Waals surface area contributed by atoms with E-state index in [2.05, 4.69) is 4.90 Å². The largest absolute Gasteiger partial charge is 0.444 e. The molecule has 0 aliphatic carbocycles. The molecule has 0 saturated carbocycles. The highest BCUT2D eigenvalue weighted by molar-refractivity contribution is 5.68. The van der Waals surface area contributed by atoms with Gasteiger partial charge in [-0.05, 0) is 45.4 Å². The monoisotopic (exact) mass is 402 g/mol. The van der Waals surface area contributed by atoms with E-state index in [4.69, 9.17) is 9.47 Å². The fourth-order valence-corrected chi connectivity index (χ4v) is 3.36. The zero-order chi connectivity index (χ0) is 21.1. The topological polar surface area (TPSA) is 42.0 Å². The molecule has 28 heavy (non-hydrogen) atoms. The van der Waals surface area contributed by atoms with Crippen molar-refractivity contribution in [2.45, 2.75) is 51.6 Å². The Bertz CT molecular complexity index is 656. The lowest BCUT2D eigenvalue weighted by Gasteiger charge is -2.44. The minimum absolute atomic E-state index is 0.00344. The van der Waals surface area contributed by atoms with Crippen molar-refractivity contribution in [3.63, 3.8) is 0 Å². The summed E-state index contributed by atoms with van der Waals surface area (Å²) < 4.78 is 49.3. The van der Waals surface area contributed by atoms with E-state index in [-0.39, 0.29) is 18.2 Å². The van der Waals surface area contributed by atoms with Crippen LogP contribution in [0.2, 0.25) is 0 Å². The van der Waals surface area contributed by atoms with Gasteiger partial charge in [-0.3, -0.25) is 4.90 Å². The number of carbonyl (C=O) groups is 1. The lowest BCUT2D eigenvalue weighted by atomic mass is 10.0. The van der Waals surface area contributed by atoms with Crippen molar-refractivity contribution in [3.8, 4) is 0 Å². The van der Waals surface area contributed by atoms with Crippen LogP contribution < -0.4 is 0 Å². The van der Waals surface area contributed by atoms with Crippen LogP contribution in [0.4, 0.5) is 18.0 Å². The standard InChI is InChI=1S/C20H29F3N2O3/c1-14-12-24(18(26)28-19(2,3)4)10-11-25(14)17(13-27-5)15-6-8-16(9-7-15)20(21,22)23/h6-9,14,17H,10-13H2,1-5H3/t14-,17-/m0/s1. The van der Waals surface area contributed by atoms with E-state index in [1.165, 1.54) is 12.1 Å². The zero-order valence-corrected chi connectivity index (χ0v) is 17.0. The molecule has 0 bridgehead atoms. The molecule has 0 spiro atoms. The number of benzene rings is 1. The first-order valence-corrected chi connectivity index (χ1v) is 9.32. The van der Waals surface area contributed by atoms with Gasteiger partial charge in [0.1, 0.15) is 5.60 Å². The molecule has 1 saturated heterocycles. The number of piperazine rings is 1. The quantitative estimate of drug-likeness (QED) is 0.752. The highest BCUT2D eigenvalue weighted by Gasteiger charge is 2.35. The van der Waals surface area contributed by atoms with E-state index in [1.54, 1.807) is 12.0 Å². The van der Waals surface area contributed by atoms with Crippen molar-refractivity contribution in [2.24, 2.45) is 0 Å². The fourth-order valence-electron chi connectivity index (χ4n) is 3.36. The number of amides is 1. The summed E-state index contributed by atoms with van der Waals surface area (Å²) >= 11 is 0. The molecule has 2 rings (SSSR count). The first kappa shape index (κ1) is 22.5. The van der Waals surface area contributed by atoms with Gasteiger partial charge in [0.2, 0.25) is 0 Å². The lowest BCUT2D eigenvalue weighted by Crippen LogP contribution is -2.55. The van der Waals surface area contributed by atoms with E-state index >= 15 is 0 Å². The molecule has 2 atom stereocenters. The molecule has 0 unspecified atom stereocenters. The first-order valence-electron chi connectivity index (χ1n) is 9.32. The second-order valence-electron chi connectivity index (χ2n) is 8.10. The van der Waals surface area contributed by atoms with E-state index in [9.17, 15) is 18.0 Å². The van der Waals surface area contributed by atoms with E-state index in [1.807, 2.05) is 27.7 Å². The summed E-state index contributed by atoms with van der Waals surface area (Å²) in [7, 11) is 1.57. The number of rotatable bonds is 4. The average Bonchev–Trinajstić information content (AvgIpc) is 2.58. The Morgan fingerprint density at radius 2 is 1.79 bits per heavy atom. The van der Waals surface area contributed by atoms with Gasteiger partial charge in [-0.2, -0.15) is 13.2 Å². The first-order chi connectivity index (χ1) is 12.9. The SMILES string of the molecule is COC[C@@H](c1ccc(C(F)(F)F)cc1)N1CCN(C(=O)OC(C)(C)C)C[C@@H]1C. The van der Waals surface area contributed by atoms with Gasteiger partial charge >= 0.3 is 12.3 Å². The van der Waals surface area contributed by atoms with Crippen LogP contribution in [0.3, 0.4) is 0 Å². The molecule has 158 valence electrons. The van der Waals surface area contributed by atoms with Gasteiger partial charge in [0.05, 0.1) is 18.2 Å². The third-order valence-electron chi connectivity index (χ3n) is 4.68. The Balaban J connectivity index is 2.12. The summed E-state index contributed by atoms with van der Waals surface area (Å²) in [6, 6.07) is 5.00. The van der Waals surface area contributed by atoms with Gasteiger partial charge in [-0.1, -0.05) is 12.1 Å². The number of halogens is 3. The highest BCUT2D eigenvalue weighted by atomic mass is 19.4. The maximum absolute atomic E-state index is 12.8. The van der Waals surface area contributed by atoms with Crippen molar-refractivity contribution in [1.29, 1.82) is 0 Å². The molecule has 0 aromatic heterocycles. The normalized spacial score (nSPS) is 20.1. The van der Waals surface area contributed by atoms with Gasteiger partial charge in [0.25, 0.3) is 0 Å². The fraction of sp³-hybridized carbons (Fsp3) is 0.650. The molecular formula is C20H29F3N2O3. The van der Waals surface area contributed by atoms with Gasteiger partial charge in [-0.25, -0.2) is 4.79 Å². The zero-order valence-electron chi connectivity index (χ0n) is 17.0. The molecule has 8 heteroatoms. The number of methoxy groups -OCH3 is 1. The predicted molar refractivity (Wildman–Crippen MR) is 100 cm³/mol. The van der Waals surface area contributed by atoms with Crippen molar-refractivity contribution < 1.29 is 27.4 Å². The average molecular weight is 402 g/mol. The second kappa shape index (κ2) is 8.69. The third kappa shape index (κ3) is 5.85. The van der Waals surface area contributed by atoms with Gasteiger partial charge in [-0.15, -0.1) is 0 Å². The summed E-state index contributed by atoms with van der Waals surface area (Å²) in [6.07, 6.45) is -4.71. The van der Waals surface area contributed by atoms with Crippen LogP contribution in [0.1, 0.15) is 44.9 Å². The Labute approximate surface area is 164 Å². The van der Waals surface area contributed by atoms with Crippen molar-refractivity contribution in [3.05, 3.63) is 35.4 Å². The number of nitrogens with zero attached hydrogens (tertiary/aromatic N) is 2. The lowest BCUT2D eigenvalue weighted by molar-refractivity contribution is -0.137. The molecule has 1 aromatic rings. The van der Waals surface area contributed by atoms with Gasteiger partial charge < -0.3 is 14.4 Å². The third-order valence-corrected chi connectivity index (χ3v) is 4.68. The number of ether oxygens (including phenoxy) is 2. The molecular weight excluding hydrogens is 373 g/mol. The summed E-state index contributed by atoms with van der Waals surface area (Å²) in [6.45, 7) is 9.36. The van der Waals surface area contributed by atoms with Crippen LogP contribution in [0.5, 0.6) is 0 Å². The highest BCUT2D eigenvalue weighted by Crippen LogP contribution is 2.32. The van der Waals surface area contributed by atoms with Crippen LogP contribution in [0.25, 0.3) is 0 Å². The van der Waals surface area contributed by atoms with Crippen LogP contribution in [0, 0.1) is 0 Å². The summed E-state index contributed by atoms with van der Waals surface area (Å²) in [5, 5.41) is 0. The minimum Gasteiger partial charge on any atom is -0.444 e. The number of hydrogen-bond acceptors (Lipinski definition) is 4. The molecule has 1 fully saturated rings. The van der Waals surface area contributed by atoms with Crippen molar-refractivity contribution in [1.82, 2.24) is 9.80 Å². The smallest absolute Gasteiger partial charge is 0.416 e. The van der Waals surface area contributed by atoms with Crippen LogP contribution >= 0.6 is 0 Å². The molecule has 1 amide bonds. The van der Waals surface area contributed by atoms with Crippen LogP contribution in [-0.4, -0.2) is 60.9 Å². The number of carbonyl (C=O) groups excluding carboxylic acids is 1. The molecule has 5 nitrogen and oxygen atoms in total. The van der Waals surface area contributed by atoms with Crippen molar-refractivity contribution >= 4 is 6.09 Å². The second-order valence-corrected chi connectivity index (χ2v) is 8.10. The Morgan fingerprint density at radius 3 is 2.25 bits per heavy atom. The van der Waals surface area contributed by atoms with Crippen LogP contribution in [-0.2, 0) is 15.7 Å². The molecule has 1 aromatic carbocycles. The van der Waals surface area contributed by atoms with Crippen LogP contribution in [0.15, 0.2) is 24.3 Å². The Kier molecular flexibility index (Phi) is 6.98. The van der Waals surface area contributed by atoms with Gasteiger partial charge in [0, 0.05) is 32.8 Å². The molecule has 1 aliphatic heterocycles. The molecule has 1 aliphatic rings. The summed E-state index contributed by atoms with van der Waals surface area (Å²) in [5.41, 5.74) is -0.473. The van der Waals surface area contributed by atoms with E-state index in [0.29, 0.717) is 26.2 Å².